The summed E-state index contributed by atoms with van der Waals surface area (Å²) in [4.78, 5) is 1.15. The molecule has 20 heavy (non-hydrogen) atoms. The fourth-order valence-corrected chi connectivity index (χ4v) is 4.40. The normalized spacial score (nSPS) is 11.8. The molecule has 1 aromatic heterocycles. The molecule has 0 fully saturated rings. The molecular formula is C13H14BrNO3S2. The van der Waals surface area contributed by atoms with Gasteiger partial charge in [-0.25, -0.2) is 8.42 Å². The van der Waals surface area contributed by atoms with Crippen molar-refractivity contribution < 1.29 is 13.2 Å². The van der Waals surface area contributed by atoms with E-state index < -0.39 is 10.0 Å². The number of benzene rings is 1. The van der Waals surface area contributed by atoms with E-state index in [9.17, 15) is 8.42 Å². The quantitative estimate of drug-likeness (QED) is 0.804. The van der Waals surface area contributed by atoms with Crippen molar-refractivity contribution in [2.75, 3.05) is 14.2 Å². The Bertz CT molecular complexity index is 684. The number of halogens is 1. The van der Waals surface area contributed by atoms with Gasteiger partial charge in [-0.1, -0.05) is 22.0 Å². The van der Waals surface area contributed by atoms with Crippen molar-refractivity contribution >= 4 is 37.3 Å². The molecule has 0 unspecified atom stereocenters. The Kier molecular flexibility index (Phi) is 4.85. The van der Waals surface area contributed by atoms with E-state index in [1.54, 1.807) is 25.2 Å². The van der Waals surface area contributed by atoms with Gasteiger partial charge in [-0.15, -0.1) is 11.3 Å². The molecule has 0 bridgehead atoms. The summed E-state index contributed by atoms with van der Waals surface area (Å²) in [7, 11) is -0.571. The van der Waals surface area contributed by atoms with Crippen molar-refractivity contribution in [3.63, 3.8) is 0 Å². The third kappa shape index (κ3) is 3.22. The first-order valence-electron chi connectivity index (χ1n) is 5.77. The van der Waals surface area contributed by atoms with Crippen LogP contribution in [0.4, 0.5) is 0 Å². The van der Waals surface area contributed by atoms with Crippen LogP contribution in [0.15, 0.2) is 45.1 Å². The smallest absolute Gasteiger partial charge is 0.246 e. The van der Waals surface area contributed by atoms with E-state index in [1.165, 1.54) is 22.8 Å². The molecule has 0 N–H and O–H groups in total. The van der Waals surface area contributed by atoms with Crippen LogP contribution < -0.4 is 4.74 Å². The Labute approximate surface area is 131 Å². The average molecular weight is 376 g/mol. The summed E-state index contributed by atoms with van der Waals surface area (Å²) in [5, 5.41) is 1.93. The SMILES string of the molecule is COc1ccc(Br)cc1S(=O)(=O)N(C)Cc1cccs1. The fraction of sp³-hybridized carbons (Fsp3) is 0.231. The minimum atomic E-state index is -3.60. The van der Waals surface area contributed by atoms with Crippen LogP contribution >= 0.6 is 27.3 Å². The number of thiophene rings is 1. The van der Waals surface area contributed by atoms with Gasteiger partial charge in [-0.05, 0) is 29.6 Å². The van der Waals surface area contributed by atoms with Gasteiger partial charge in [0, 0.05) is 22.9 Å². The molecular weight excluding hydrogens is 362 g/mol. The lowest BCUT2D eigenvalue weighted by atomic mass is 10.3. The molecule has 0 amide bonds. The lowest BCUT2D eigenvalue weighted by Crippen LogP contribution is -2.26. The number of nitrogens with zero attached hydrogens (tertiary/aromatic N) is 1. The first kappa shape index (κ1) is 15.5. The highest BCUT2D eigenvalue weighted by atomic mass is 79.9. The first-order chi connectivity index (χ1) is 9.45. The lowest BCUT2D eigenvalue weighted by molar-refractivity contribution is 0.397. The maximum Gasteiger partial charge on any atom is 0.246 e. The van der Waals surface area contributed by atoms with E-state index in [4.69, 9.17) is 4.74 Å². The summed E-state index contributed by atoms with van der Waals surface area (Å²) in [5.74, 6) is 0.339. The molecule has 7 heteroatoms. The van der Waals surface area contributed by atoms with Crippen molar-refractivity contribution in [1.82, 2.24) is 4.31 Å². The van der Waals surface area contributed by atoms with Crippen LogP contribution in [-0.4, -0.2) is 26.9 Å². The van der Waals surface area contributed by atoms with Crippen LogP contribution in [0.3, 0.4) is 0 Å². The van der Waals surface area contributed by atoms with Crippen LogP contribution in [0.25, 0.3) is 0 Å². The highest BCUT2D eigenvalue weighted by Gasteiger charge is 2.25. The second-order valence-corrected chi connectivity index (χ2v) is 8.10. The van der Waals surface area contributed by atoms with Crippen molar-refractivity contribution in [1.29, 1.82) is 0 Å². The molecule has 2 aromatic rings. The Morgan fingerprint density at radius 3 is 2.70 bits per heavy atom. The standard InChI is InChI=1S/C13H14BrNO3S2/c1-15(9-11-4-3-7-19-11)20(16,17)13-8-10(14)5-6-12(13)18-2/h3-8H,9H2,1-2H3. The lowest BCUT2D eigenvalue weighted by Gasteiger charge is -2.18. The maximum atomic E-state index is 12.6. The minimum Gasteiger partial charge on any atom is -0.495 e. The summed E-state index contributed by atoms with van der Waals surface area (Å²) in [6.07, 6.45) is 0. The van der Waals surface area contributed by atoms with E-state index in [1.807, 2.05) is 17.5 Å². The largest absolute Gasteiger partial charge is 0.495 e. The second-order valence-electron chi connectivity index (χ2n) is 4.14. The third-order valence-electron chi connectivity index (χ3n) is 2.77. The van der Waals surface area contributed by atoms with Crippen molar-refractivity contribution in [3.05, 3.63) is 45.1 Å². The average Bonchev–Trinajstić information content (AvgIpc) is 2.91. The topological polar surface area (TPSA) is 46.6 Å². The van der Waals surface area contributed by atoms with Gasteiger partial charge >= 0.3 is 0 Å². The summed E-state index contributed by atoms with van der Waals surface area (Å²) >= 11 is 4.82. The van der Waals surface area contributed by atoms with Crippen LogP contribution in [0.1, 0.15) is 4.88 Å². The molecule has 0 radical (unpaired) electrons. The zero-order valence-electron chi connectivity index (χ0n) is 11.0. The second kappa shape index (κ2) is 6.26. The molecule has 4 nitrogen and oxygen atoms in total. The van der Waals surface area contributed by atoms with Gasteiger partial charge in [0.15, 0.2) is 0 Å². The Morgan fingerprint density at radius 1 is 1.35 bits per heavy atom. The van der Waals surface area contributed by atoms with Gasteiger partial charge in [-0.3, -0.25) is 0 Å². The van der Waals surface area contributed by atoms with Gasteiger partial charge in [0.05, 0.1) is 7.11 Å². The predicted octanol–water partition coefficient (Wildman–Crippen LogP) is 3.34. The van der Waals surface area contributed by atoms with Crippen LogP contribution in [0.2, 0.25) is 0 Å². The van der Waals surface area contributed by atoms with Crippen LogP contribution in [-0.2, 0) is 16.6 Å². The molecule has 0 aliphatic heterocycles. The molecule has 0 saturated carbocycles. The monoisotopic (exact) mass is 375 g/mol. The zero-order valence-corrected chi connectivity index (χ0v) is 14.3. The van der Waals surface area contributed by atoms with Gasteiger partial charge in [0.2, 0.25) is 10.0 Å². The molecule has 2 rings (SSSR count). The Balaban J connectivity index is 2.36. The van der Waals surface area contributed by atoms with Crippen molar-refractivity contribution in [2.24, 2.45) is 0 Å². The third-order valence-corrected chi connectivity index (χ3v) is 5.95. The number of hydrogen-bond donors (Lipinski definition) is 0. The van der Waals surface area contributed by atoms with Gasteiger partial charge < -0.3 is 4.74 Å². The van der Waals surface area contributed by atoms with Gasteiger partial charge in [0.25, 0.3) is 0 Å². The zero-order chi connectivity index (χ0) is 14.8. The maximum absolute atomic E-state index is 12.6. The van der Waals surface area contributed by atoms with Gasteiger partial charge in [-0.2, -0.15) is 4.31 Å². The van der Waals surface area contributed by atoms with Crippen LogP contribution in [0.5, 0.6) is 5.75 Å². The minimum absolute atomic E-state index is 0.161. The summed E-state index contributed by atoms with van der Waals surface area (Å²) in [6.45, 7) is 0.343. The number of rotatable bonds is 5. The molecule has 108 valence electrons. The highest BCUT2D eigenvalue weighted by Crippen LogP contribution is 2.30. The molecule has 0 aliphatic carbocycles. The van der Waals surface area contributed by atoms with Crippen LogP contribution in [0, 0.1) is 0 Å². The molecule has 0 atom stereocenters. The Hall–Kier alpha value is -0.890. The fourth-order valence-electron chi connectivity index (χ4n) is 1.73. The number of ether oxygens (including phenoxy) is 1. The first-order valence-corrected chi connectivity index (χ1v) is 8.88. The summed E-state index contributed by atoms with van der Waals surface area (Å²) in [6, 6.07) is 8.75. The molecule has 1 heterocycles. The Morgan fingerprint density at radius 2 is 2.10 bits per heavy atom. The number of sulfonamides is 1. The van der Waals surface area contributed by atoms with E-state index >= 15 is 0 Å². The van der Waals surface area contributed by atoms with E-state index in [-0.39, 0.29) is 4.90 Å². The summed E-state index contributed by atoms with van der Waals surface area (Å²) < 4.78 is 32.4. The van der Waals surface area contributed by atoms with Crippen molar-refractivity contribution in [2.45, 2.75) is 11.4 Å². The van der Waals surface area contributed by atoms with E-state index in [0.29, 0.717) is 16.8 Å². The molecule has 1 aromatic carbocycles. The summed E-state index contributed by atoms with van der Waals surface area (Å²) in [5.41, 5.74) is 0. The van der Waals surface area contributed by atoms with Gasteiger partial charge in [0.1, 0.15) is 10.6 Å². The molecule has 0 spiro atoms. The molecule has 0 saturated heterocycles. The number of hydrogen-bond acceptors (Lipinski definition) is 4. The van der Waals surface area contributed by atoms with E-state index in [2.05, 4.69) is 15.9 Å². The predicted molar refractivity (Wildman–Crippen MR) is 83.7 cm³/mol. The highest BCUT2D eigenvalue weighted by molar-refractivity contribution is 9.10. The van der Waals surface area contributed by atoms with Crippen molar-refractivity contribution in [3.8, 4) is 5.75 Å². The van der Waals surface area contributed by atoms with E-state index in [0.717, 1.165) is 4.88 Å². The number of methoxy groups -OCH3 is 1. The molecule has 0 aliphatic rings.